The van der Waals surface area contributed by atoms with Crippen LogP contribution in [0.25, 0.3) is 0 Å². The van der Waals surface area contributed by atoms with Crippen LogP contribution in [0.2, 0.25) is 0 Å². The van der Waals surface area contributed by atoms with E-state index in [1.54, 1.807) is 46.2 Å². The van der Waals surface area contributed by atoms with Crippen molar-refractivity contribution in [3.8, 4) is 0 Å². The Kier molecular flexibility index (Phi) is 5.16. The summed E-state index contributed by atoms with van der Waals surface area (Å²) < 4.78 is 0. The van der Waals surface area contributed by atoms with E-state index < -0.39 is 0 Å². The number of ketones is 1. The molecule has 0 N–H and O–H groups in total. The number of carbonyl (C=O) groups is 3. The van der Waals surface area contributed by atoms with Crippen LogP contribution in [0.3, 0.4) is 0 Å². The van der Waals surface area contributed by atoms with Gasteiger partial charge in [-0.05, 0) is 13.0 Å². The van der Waals surface area contributed by atoms with Crippen LogP contribution in [0.15, 0.2) is 48.5 Å². The highest BCUT2D eigenvalue weighted by Gasteiger charge is 2.26. The summed E-state index contributed by atoms with van der Waals surface area (Å²) in [5.74, 6) is -0.298. The molecule has 3 rings (SSSR count). The van der Waals surface area contributed by atoms with Crippen molar-refractivity contribution >= 4 is 17.6 Å². The average molecular weight is 350 g/mol. The normalized spacial score (nSPS) is 14.2. The highest BCUT2D eigenvalue weighted by Crippen LogP contribution is 2.18. The van der Waals surface area contributed by atoms with Gasteiger partial charge in [-0.3, -0.25) is 14.4 Å². The zero-order valence-electron chi connectivity index (χ0n) is 15.1. The Labute approximate surface area is 153 Å². The summed E-state index contributed by atoms with van der Waals surface area (Å²) in [6, 6.07) is 14.3. The molecule has 0 unspecified atom stereocenters. The van der Waals surface area contributed by atoms with E-state index >= 15 is 0 Å². The van der Waals surface area contributed by atoms with E-state index in [-0.39, 0.29) is 17.6 Å². The Morgan fingerprint density at radius 1 is 0.769 bits per heavy atom. The summed E-state index contributed by atoms with van der Waals surface area (Å²) in [5, 5.41) is 0. The number of hydrogen-bond donors (Lipinski definition) is 0. The number of aryl methyl sites for hydroxylation is 1. The van der Waals surface area contributed by atoms with Crippen molar-refractivity contribution in [2.24, 2.45) is 0 Å². The zero-order chi connectivity index (χ0) is 18.7. The number of piperazine rings is 1. The minimum atomic E-state index is -0.163. The third-order valence-electron chi connectivity index (χ3n) is 4.73. The second kappa shape index (κ2) is 7.52. The van der Waals surface area contributed by atoms with Gasteiger partial charge in [-0.2, -0.15) is 0 Å². The number of rotatable bonds is 3. The molecule has 0 spiro atoms. The van der Waals surface area contributed by atoms with Gasteiger partial charge in [0.05, 0.1) is 5.56 Å². The molecule has 0 radical (unpaired) electrons. The first-order valence-corrected chi connectivity index (χ1v) is 8.72. The van der Waals surface area contributed by atoms with Crippen LogP contribution in [-0.4, -0.2) is 53.6 Å². The van der Waals surface area contributed by atoms with E-state index in [0.29, 0.717) is 42.9 Å². The summed E-state index contributed by atoms with van der Waals surface area (Å²) in [7, 11) is 0. The second-order valence-corrected chi connectivity index (χ2v) is 6.54. The van der Waals surface area contributed by atoms with Gasteiger partial charge in [0, 0.05) is 44.2 Å². The maximum absolute atomic E-state index is 13.0. The lowest BCUT2D eigenvalue weighted by Gasteiger charge is -2.34. The lowest BCUT2D eigenvalue weighted by Crippen LogP contribution is -2.50. The van der Waals surface area contributed by atoms with E-state index in [2.05, 4.69) is 0 Å². The molecule has 5 heteroatoms. The number of benzene rings is 2. The Bertz CT molecular complexity index is 835. The smallest absolute Gasteiger partial charge is 0.254 e. The van der Waals surface area contributed by atoms with Crippen molar-refractivity contribution in [1.82, 2.24) is 9.80 Å². The van der Waals surface area contributed by atoms with Crippen LogP contribution in [0.4, 0.5) is 0 Å². The maximum Gasteiger partial charge on any atom is 0.254 e. The SMILES string of the molecule is CC(=O)N1CCN(C(=O)c2ccccc2C(=O)c2ccc(C)cc2)CC1. The Balaban J connectivity index is 1.83. The van der Waals surface area contributed by atoms with Gasteiger partial charge in [0.2, 0.25) is 5.91 Å². The molecule has 2 aromatic rings. The Hall–Kier alpha value is -2.95. The molecule has 0 aromatic heterocycles. The summed E-state index contributed by atoms with van der Waals surface area (Å²) >= 11 is 0. The van der Waals surface area contributed by atoms with Crippen molar-refractivity contribution in [3.05, 3.63) is 70.8 Å². The summed E-state index contributed by atoms with van der Waals surface area (Å²) in [4.78, 5) is 40.7. The molecule has 1 heterocycles. The molecule has 5 nitrogen and oxygen atoms in total. The molecule has 0 saturated carbocycles. The van der Waals surface area contributed by atoms with Gasteiger partial charge < -0.3 is 9.80 Å². The van der Waals surface area contributed by atoms with Crippen LogP contribution in [-0.2, 0) is 4.79 Å². The van der Waals surface area contributed by atoms with Gasteiger partial charge in [0.15, 0.2) is 5.78 Å². The standard InChI is InChI=1S/C21H22N2O3/c1-15-7-9-17(10-8-15)20(25)18-5-3-4-6-19(18)21(26)23-13-11-22(12-14-23)16(2)24/h3-10H,11-14H2,1-2H3. The number of hydrogen-bond acceptors (Lipinski definition) is 3. The molecule has 1 aliphatic rings. The highest BCUT2D eigenvalue weighted by molar-refractivity contribution is 6.15. The molecule has 0 bridgehead atoms. The van der Waals surface area contributed by atoms with Crippen LogP contribution in [0, 0.1) is 6.92 Å². The van der Waals surface area contributed by atoms with Crippen molar-refractivity contribution in [2.75, 3.05) is 26.2 Å². The van der Waals surface area contributed by atoms with Gasteiger partial charge in [0.25, 0.3) is 5.91 Å². The van der Waals surface area contributed by atoms with E-state index in [4.69, 9.17) is 0 Å². The van der Waals surface area contributed by atoms with Gasteiger partial charge in [0.1, 0.15) is 0 Å². The van der Waals surface area contributed by atoms with Crippen LogP contribution < -0.4 is 0 Å². The molecule has 1 saturated heterocycles. The summed E-state index contributed by atoms with van der Waals surface area (Å²) in [5.41, 5.74) is 2.47. The highest BCUT2D eigenvalue weighted by atomic mass is 16.2. The number of amides is 2. The first kappa shape index (κ1) is 17.9. The fourth-order valence-electron chi connectivity index (χ4n) is 3.12. The second-order valence-electron chi connectivity index (χ2n) is 6.54. The third-order valence-corrected chi connectivity index (χ3v) is 4.73. The molecular formula is C21H22N2O3. The van der Waals surface area contributed by atoms with E-state index in [1.165, 1.54) is 6.92 Å². The third kappa shape index (κ3) is 3.67. The van der Waals surface area contributed by atoms with E-state index in [1.807, 2.05) is 19.1 Å². The largest absolute Gasteiger partial charge is 0.339 e. The fraction of sp³-hybridized carbons (Fsp3) is 0.286. The molecule has 2 aromatic carbocycles. The molecular weight excluding hydrogens is 328 g/mol. The molecule has 0 aliphatic carbocycles. The van der Waals surface area contributed by atoms with Gasteiger partial charge in [-0.1, -0.05) is 48.0 Å². The molecule has 1 fully saturated rings. The molecule has 2 amide bonds. The van der Waals surface area contributed by atoms with Gasteiger partial charge in [-0.15, -0.1) is 0 Å². The Morgan fingerprint density at radius 3 is 1.88 bits per heavy atom. The molecule has 26 heavy (non-hydrogen) atoms. The fourth-order valence-corrected chi connectivity index (χ4v) is 3.12. The van der Waals surface area contributed by atoms with Crippen molar-refractivity contribution in [3.63, 3.8) is 0 Å². The lowest BCUT2D eigenvalue weighted by molar-refractivity contribution is -0.130. The summed E-state index contributed by atoms with van der Waals surface area (Å²) in [6.07, 6.45) is 0. The minimum absolute atomic E-state index is 0.0204. The van der Waals surface area contributed by atoms with Crippen LogP contribution in [0.1, 0.15) is 38.8 Å². The molecule has 1 aliphatic heterocycles. The maximum atomic E-state index is 13.0. The average Bonchev–Trinajstić information content (AvgIpc) is 2.67. The van der Waals surface area contributed by atoms with E-state index in [0.717, 1.165) is 5.56 Å². The zero-order valence-corrected chi connectivity index (χ0v) is 15.1. The quantitative estimate of drug-likeness (QED) is 0.800. The number of carbonyl (C=O) groups excluding carboxylic acids is 3. The van der Waals surface area contributed by atoms with Crippen LogP contribution in [0.5, 0.6) is 0 Å². The minimum Gasteiger partial charge on any atom is -0.339 e. The monoisotopic (exact) mass is 350 g/mol. The molecule has 134 valence electrons. The van der Waals surface area contributed by atoms with Gasteiger partial charge >= 0.3 is 0 Å². The van der Waals surface area contributed by atoms with Gasteiger partial charge in [-0.25, -0.2) is 0 Å². The Morgan fingerprint density at radius 2 is 1.31 bits per heavy atom. The van der Waals surface area contributed by atoms with Crippen molar-refractivity contribution < 1.29 is 14.4 Å². The van der Waals surface area contributed by atoms with E-state index in [9.17, 15) is 14.4 Å². The predicted octanol–water partition coefficient (Wildman–Crippen LogP) is 2.53. The first-order valence-electron chi connectivity index (χ1n) is 8.72. The van der Waals surface area contributed by atoms with Crippen molar-refractivity contribution in [2.45, 2.75) is 13.8 Å². The van der Waals surface area contributed by atoms with Crippen LogP contribution >= 0.6 is 0 Å². The lowest BCUT2D eigenvalue weighted by atomic mass is 9.97. The predicted molar refractivity (Wildman–Crippen MR) is 99.2 cm³/mol. The summed E-state index contributed by atoms with van der Waals surface area (Å²) in [6.45, 7) is 5.50. The number of nitrogens with zero attached hydrogens (tertiary/aromatic N) is 2. The molecule has 0 atom stereocenters. The first-order chi connectivity index (χ1) is 12.5. The van der Waals surface area contributed by atoms with Crippen molar-refractivity contribution in [1.29, 1.82) is 0 Å². The topological polar surface area (TPSA) is 57.7 Å².